The van der Waals surface area contributed by atoms with Crippen molar-refractivity contribution in [3.8, 4) is 22.8 Å². The first-order chi connectivity index (χ1) is 14.2. The molecule has 0 spiro atoms. The summed E-state index contributed by atoms with van der Waals surface area (Å²) in [6.07, 6.45) is 7.25. The van der Waals surface area contributed by atoms with Gasteiger partial charge in [0.2, 0.25) is 0 Å². The third kappa shape index (κ3) is 4.36. The van der Waals surface area contributed by atoms with Crippen molar-refractivity contribution in [3.63, 3.8) is 0 Å². The summed E-state index contributed by atoms with van der Waals surface area (Å²) >= 11 is 1.73. The fourth-order valence-electron chi connectivity index (χ4n) is 4.07. The number of benzene rings is 2. The van der Waals surface area contributed by atoms with Gasteiger partial charge in [0.25, 0.3) is 0 Å². The van der Waals surface area contributed by atoms with Crippen molar-refractivity contribution in [2.75, 3.05) is 20.5 Å². The van der Waals surface area contributed by atoms with Crippen LogP contribution in [0, 0.1) is 0 Å². The molecule has 0 unspecified atom stereocenters. The average Bonchev–Trinajstić information content (AvgIpc) is 3.29. The van der Waals surface area contributed by atoms with Gasteiger partial charge in [-0.2, -0.15) is 0 Å². The highest BCUT2D eigenvalue weighted by molar-refractivity contribution is 7.98. The van der Waals surface area contributed by atoms with Crippen LogP contribution < -0.4 is 14.8 Å². The largest absolute Gasteiger partial charge is 0.497 e. The summed E-state index contributed by atoms with van der Waals surface area (Å²) in [4.78, 5) is 6.31. The van der Waals surface area contributed by atoms with Gasteiger partial charge in [0.15, 0.2) is 0 Å². The quantitative estimate of drug-likeness (QED) is 0.510. The van der Waals surface area contributed by atoms with Crippen LogP contribution in [0.2, 0.25) is 0 Å². The molecular formula is C24H28N2O2S. The Morgan fingerprint density at radius 1 is 1.03 bits per heavy atom. The van der Waals surface area contributed by atoms with Gasteiger partial charge < -0.3 is 14.8 Å². The summed E-state index contributed by atoms with van der Waals surface area (Å²) in [5.41, 5.74) is 4.11. The van der Waals surface area contributed by atoms with E-state index in [9.17, 15) is 0 Å². The van der Waals surface area contributed by atoms with Crippen LogP contribution in [0.4, 0.5) is 0 Å². The van der Waals surface area contributed by atoms with E-state index in [0.29, 0.717) is 6.04 Å². The van der Waals surface area contributed by atoms with Gasteiger partial charge in [0.05, 0.1) is 25.4 Å². The summed E-state index contributed by atoms with van der Waals surface area (Å²) in [7, 11) is 3.39. The fraction of sp³-hybridized carbons (Fsp3) is 0.375. The lowest BCUT2D eigenvalue weighted by Crippen LogP contribution is -2.25. The smallest absolute Gasteiger partial charge is 0.128 e. The second-order valence-electron chi connectivity index (χ2n) is 7.48. The van der Waals surface area contributed by atoms with E-state index < -0.39 is 0 Å². The Morgan fingerprint density at radius 3 is 2.59 bits per heavy atom. The van der Waals surface area contributed by atoms with Gasteiger partial charge in [-0.05, 0) is 61.1 Å². The van der Waals surface area contributed by atoms with Crippen LogP contribution in [0.1, 0.15) is 31.2 Å². The van der Waals surface area contributed by atoms with Crippen LogP contribution in [-0.2, 0) is 6.54 Å². The van der Waals surface area contributed by atoms with Crippen LogP contribution in [-0.4, -0.2) is 31.5 Å². The Morgan fingerprint density at radius 2 is 1.86 bits per heavy atom. The van der Waals surface area contributed by atoms with Crippen molar-refractivity contribution in [1.82, 2.24) is 10.3 Å². The molecule has 5 heteroatoms. The highest BCUT2D eigenvalue weighted by Crippen LogP contribution is 2.36. The van der Waals surface area contributed by atoms with Crippen LogP contribution in [0.5, 0.6) is 11.5 Å². The zero-order valence-electron chi connectivity index (χ0n) is 17.3. The molecule has 4 nitrogen and oxygen atoms in total. The highest BCUT2D eigenvalue weighted by atomic mass is 32.2. The van der Waals surface area contributed by atoms with E-state index in [0.717, 1.165) is 40.2 Å². The van der Waals surface area contributed by atoms with E-state index in [4.69, 9.17) is 14.5 Å². The lowest BCUT2D eigenvalue weighted by Gasteiger charge is -2.17. The molecule has 0 amide bonds. The molecule has 0 aliphatic heterocycles. The van der Waals surface area contributed by atoms with E-state index in [1.165, 1.54) is 36.1 Å². The molecule has 2 aromatic carbocycles. The molecule has 29 heavy (non-hydrogen) atoms. The number of pyridine rings is 1. The molecule has 1 aliphatic rings. The Kier molecular flexibility index (Phi) is 6.26. The van der Waals surface area contributed by atoms with Gasteiger partial charge in [0.1, 0.15) is 11.5 Å². The van der Waals surface area contributed by atoms with E-state index in [1.807, 2.05) is 18.2 Å². The van der Waals surface area contributed by atoms with Crippen molar-refractivity contribution >= 4 is 22.7 Å². The number of rotatable bonds is 7. The maximum Gasteiger partial charge on any atom is 0.128 e. The lowest BCUT2D eigenvalue weighted by atomic mass is 10.0. The third-order valence-corrected chi connectivity index (χ3v) is 6.43. The summed E-state index contributed by atoms with van der Waals surface area (Å²) in [6, 6.07) is 15.2. The minimum absolute atomic E-state index is 0.601. The van der Waals surface area contributed by atoms with E-state index in [-0.39, 0.29) is 0 Å². The number of methoxy groups -OCH3 is 2. The second-order valence-corrected chi connectivity index (χ2v) is 8.36. The number of hydrogen-bond acceptors (Lipinski definition) is 5. The van der Waals surface area contributed by atoms with Crippen LogP contribution in [0.25, 0.3) is 22.2 Å². The first-order valence-corrected chi connectivity index (χ1v) is 11.4. The molecule has 0 saturated heterocycles. The van der Waals surface area contributed by atoms with Crippen molar-refractivity contribution < 1.29 is 9.47 Å². The number of aromatic nitrogens is 1. The highest BCUT2D eigenvalue weighted by Gasteiger charge is 2.18. The molecule has 3 aromatic rings. The molecule has 0 bridgehead atoms. The van der Waals surface area contributed by atoms with Crippen molar-refractivity contribution in [2.24, 2.45) is 0 Å². The van der Waals surface area contributed by atoms with Gasteiger partial charge in [0, 0.05) is 28.4 Å². The molecule has 152 valence electrons. The maximum absolute atomic E-state index is 5.67. The maximum atomic E-state index is 5.67. The summed E-state index contributed by atoms with van der Waals surface area (Å²) in [5, 5.41) is 4.91. The molecule has 0 radical (unpaired) electrons. The molecule has 1 saturated carbocycles. The van der Waals surface area contributed by atoms with E-state index >= 15 is 0 Å². The average molecular weight is 409 g/mol. The first kappa shape index (κ1) is 20.0. The first-order valence-electron chi connectivity index (χ1n) is 10.2. The number of fused-ring (bicyclic) bond motifs is 1. The Bertz CT molecular complexity index is 1000. The minimum atomic E-state index is 0.601. The molecule has 1 N–H and O–H groups in total. The van der Waals surface area contributed by atoms with Crippen LogP contribution >= 0.6 is 11.8 Å². The van der Waals surface area contributed by atoms with E-state index in [2.05, 4.69) is 35.8 Å². The van der Waals surface area contributed by atoms with Crippen molar-refractivity contribution in [3.05, 3.63) is 48.0 Å². The minimum Gasteiger partial charge on any atom is -0.497 e. The summed E-state index contributed by atoms with van der Waals surface area (Å²) in [6.45, 7) is 0.799. The van der Waals surface area contributed by atoms with Gasteiger partial charge in [-0.15, -0.1) is 11.8 Å². The fourth-order valence-corrected chi connectivity index (χ4v) is 4.50. The van der Waals surface area contributed by atoms with Gasteiger partial charge in [-0.3, -0.25) is 0 Å². The number of thioether (sulfide) groups is 1. The molecule has 1 aromatic heterocycles. The van der Waals surface area contributed by atoms with Gasteiger partial charge in [-0.25, -0.2) is 4.98 Å². The molecule has 1 heterocycles. The van der Waals surface area contributed by atoms with Crippen LogP contribution in [0.15, 0.2) is 47.4 Å². The molecular weight excluding hydrogens is 380 g/mol. The van der Waals surface area contributed by atoms with Gasteiger partial charge >= 0.3 is 0 Å². The standard InChI is InChI=1S/C24H28N2O2S/c1-27-19-9-11-23(28-2)21(13-19)24-17(15-25-18-6-4-5-7-18)12-16-8-10-20(29-3)14-22(16)26-24/h8-14,18,25H,4-7,15H2,1-3H3. The lowest BCUT2D eigenvalue weighted by molar-refractivity contribution is 0.404. The number of nitrogens with one attached hydrogen (secondary N) is 1. The number of ether oxygens (including phenoxy) is 2. The zero-order chi connectivity index (χ0) is 20.2. The van der Waals surface area contributed by atoms with E-state index in [1.54, 1.807) is 26.0 Å². The predicted octanol–water partition coefficient (Wildman–Crippen LogP) is 5.67. The number of nitrogens with zero attached hydrogens (tertiary/aromatic N) is 1. The Labute approximate surface area is 177 Å². The molecule has 1 aliphatic carbocycles. The Hall–Kier alpha value is -2.24. The molecule has 0 atom stereocenters. The monoisotopic (exact) mass is 408 g/mol. The SMILES string of the molecule is COc1ccc(OC)c(-c2nc3cc(SC)ccc3cc2CNC2CCCC2)c1. The topological polar surface area (TPSA) is 43.4 Å². The molecule has 1 fully saturated rings. The normalized spacial score (nSPS) is 14.4. The predicted molar refractivity (Wildman–Crippen MR) is 121 cm³/mol. The Balaban J connectivity index is 1.83. The van der Waals surface area contributed by atoms with Crippen LogP contribution in [0.3, 0.4) is 0 Å². The summed E-state index contributed by atoms with van der Waals surface area (Å²) < 4.78 is 11.1. The van der Waals surface area contributed by atoms with Gasteiger partial charge in [-0.1, -0.05) is 18.9 Å². The summed E-state index contributed by atoms with van der Waals surface area (Å²) in [5.74, 6) is 1.61. The second kappa shape index (κ2) is 9.06. The molecule has 4 rings (SSSR count). The van der Waals surface area contributed by atoms with Crippen molar-refractivity contribution in [1.29, 1.82) is 0 Å². The zero-order valence-corrected chi connectivity index (χ0v) is 18.1. The number of hydrogen-bond donors (Lipinski definition) is 1. The third-order valence-electron chi connectivity index (χ3n) is 5.70. The van der Waals surface area contributed by atoms with Crippen molar-refractivity contribution in [2.45, 2.75) is 43.2 Å².